The molecule has 1 amide bonds. The van der Waals surface area contributed by atoms with Crippen LogP contribution in [0.15, 0.2) is 112 Å². The van der Waals surface area contributed by atoms with Crippen LogP contribution < -0.4 is 9.64 Å². The Morgan fingerprint density at radius 2 is 1.53 bits per heavy atom. The first-order valence-corrected chi connectivity index (χ1v) is 9.85. The molecule has 3 heterocycles. The van der Waals surface area contributed by atoms with Crippen LogP contribution in [-0.2, 0) is 4.79 Å². The van der Waals surface area contributed by atoms with Gasteiger partial charge in [-0.15, -0.1) is 0 Å². The second-order valence-corrected chi connectivity index (χ2v) is 7.07. The number of aliphatic hydroxyl groups excluding tert-OH is 1. The van der Waals surface area contributed by atoms with Crippen LogP contribution in [0.1, 0.15) is 22.4 Å². The minimum atomic E-state index is -0.948. The number of benzene rings is 2. The highest BCUT2D eigenvalue weighted by molar-refractivity contribution is 6.20. The molecule has 4 aromatic rings. The van der Waals surface area contributed by atoms with Crippen molar-refractivity contribution in [3.63, 3.8) is 0 Å². The fourth-order valence-electron chi connectivity index (χ4n) is 3.66. The molecule has 2 aromatic heterocycles. The molecule has 0 spiro atoms. The molecule has 5 rings (SSSR count). The van der Waals surface area contributed by atoms with Gasteiger partial charge < -0.3 is 18.7 Å². The van der Waals surface area contributed by atoms with Gasteiger partial charge in [0.1, 0.15) is 23.3 Å². The Hall–Kier alpha value is -4.52. The van der Waals surface area contributed by atoms with Gasteiger partial charge in [-0.25, -0.2) is 0 Å². The molecule has 0 bridgehead atoms. The summed E-state index contributed by atoms with van der Waals surface area (Å²) in [6, 6.07) is 21.5. The van der Waals surface area contributed by atoms with Crippen molar-refractivity contribution in [1.29, 1.82) is 0 Å². The smallest absolute Gasteiger partial charge is 0.294 e. The molecule has 1 aliphatic heterocycles. The van der Waals surface area contributed by atoms with E-state index >= 15 is 0 Å². The van der Waals surface area contributed by atoms with Crippen LogP contribution in [0.3, 0.4) is 0 Å². The molecule has 0 fully saturated rings. The van der Waals surface area contributed by atoms with Gasteiger partial charge in [0.25, 0.3) is 5.91 Å². The Kier molecular flexibility index (Phi) is 4.84. The first-order valence-electron chi connectivity index (χ1n) is 9.85. The molecule has 0 saturated carbocycles. The molecular weight excluding hydrogens is 410 g/mol. The van der Waals surface area contributed by atoms with E-state index in [-0.39, 0.29) is 11.3 Å². The average molecular weight is 427 g/mol. The van der Waals surface area contributed by atoms with Crippen LogP contribution in [0.4, 0.5) is 5.69 Å². The van der Waals surface area contributed by atoms with Gasteiger partial charge >= 0.3 is 0 Å². The lowest BCUT2D eigenvalue weighted by Crippen LogP contribution is -2.30. The number of nitrogens with zero attached hydrogens (tertiary/aromatic N) is 1. The number of amides is 1. The number of rotatable bonds is 6. The number of carbonyl (C=O) groups excluding carboxylic acids is 2. The Balaban J connectivity index is 1.50. The van der Waals surface area contributed by atoms with Crippen molar-refractivity contribution in [2.24, 2.45) is 0 Å². The van der Waals surface area contributed by atoms with Crippen molar-refractivity contribution >= 4 is 17.4 Å². The number of carbonyl (C=O) groups is 2. The van der Waals surface area contributed by atoms with Crippen LogP contribution in [0.2, 0.25) is 0 Å². The van der Waals surface area contributed by atoms with Crippen LogP contribution >= 0.6 is 0 Å². The number of Topliss-reactive ketones (excluding diaryl/α,β-unsaturated/α-hetero) is 1. The first-order chi connectivity index (χ1) is 15.6. The summed E-state index contributed by atoms with van der Waals surface area (Å²) in [6.07, 6.45) is 2.80. The number of furan rings is 2. The molecule has 0 radical (unpaired) electrons. The summed E-state index contributed by atoms with van der Waals surface area (Å²) in [5.74, 6) is -0.336. The molecular formula is C25H17NO6. The average Bonchev–Trinajstić information content (AvgIpc) is 3.57. The zero-order valence-corrected chi connectivity index (χ0v) is 16.7. The van der Waals surface area contributed by atoms with E-state index < -0.39 is 23.5 Å². The monoisotopic (exact) mass is 427 g/mol. The van der Waals surface area contributed by atoms with Crippen molar-refractivity contribution in [2.45, 2.75) is 6.04 Å². The van der Waals surface area contributed by atoms with E-state index in [0.29, 0.717) is 22.9 Å². The Bertz CT molecular complexity index is 1270. The second-order valence-electron chi connectivity index (χ2n) is 7.07. The minimum absolute atomic E-state index is 0.0179. The third kappa shape index (κ3) is 3.35. The number of para-hydroxylation sites is 1. The third-order valence-electron chi connectivity index (χ3n) is 5.10. The third-order valence-corrected chi connectivity index (χ3v) is 5.10. The number of hydrogen-bond donors (Lipinski definition) is 1. The lowest BCUT2D eigenvalue weighted by atomic mass is 9.99. The van der Waals surface area contributed by atoms with Crippen LogP contribution in [0.5, 0.6) is 11.5 Å². The zero-order valence-electron chi connectivity index (χ0n) is 16.7. The first kappa shape index (κ1) is 19.4. The molecule has 7 heteroatoms. The predicted molar refractivity (Wildman–Crippen MR) is 115 cm³/mol. The summed E-state index contributed by atoms with van der Waals surface area (Å²) in [5.41, 5.74) is 0.357. The molecule has 0 saturated heterocycles. The Morgan fingerprint density at radius 3 is 2.19 bits per heavy atom. The highest BCUT2D eigenvalue weighted by Gasteiger charge is 2.46. The summed E-state index contributed by atoms with van der Waals surface area (Å²) >= 11 is 0. The summed E-state index contributed by atoms with van der Waals surface area (Å²) in [7, 11) is 0. The zero-order chi connectivity index (χ0) is 22.1. The molecule has 2 aromatic carbocycles. The fourth-order valence-corrected chi connectivity index (χ4v) is 3.66. The standard InChI is InChI=1S/C25H17NO6/c27-23(20-9-5-15-31-20)21-22(19-8-4-14-30-19)26(25(29)24(21)28)16-10-12-18(13-11-16)32-17-6-2-1-3-7-17/h1-15,22,28H. The van der Waals surface area contributed by atoms with E-state index in [9.17, 15) is 14.7 Å². The highest BCUT2D eigenvalue weighted by Crippen LogP contribution is 2.42. The van der Waals surface area contributed by atoms with E-state index in [2.05, 4.69) is 0 Å². The van der Waals surface area contributed by atoms with Crippen molar-refractivity contribution in [2.75, 3.05) is 4.90 Å². The number of aliphatic hydroxyl groups is 1. The molecule has 0 aliphatic carbocycles. The van der Waals surface area contributed by atoms with Crippen molar-refractivity contribution in [3.05, 3.63) is 114 Å². The fraction of sp³-hybridized carbons (Fsp3) is 0.0400. The maximum Gasteiger partial charge on any atom is 0.294 e. The lowest BCUT2D eigenvalue weighted by molar-refractivity contribution is -0.117. The molecule has 32 heavy (non-hydrogen) atoms. The van der Waals surface area contributed by atoms with E-state index in [0.717, 1.165) is 0 Å². The van der Waals surface area contributed by atoms with Gasteiger partial charge in [-0.1, -0.05) is 18.2 Å². The lowest BCUT2D eigenvalue weighted by Gasteiger charge is -2.25. The molecule has 1 N–H and O–H groups in total. The Morgan fingerprint density at radius 1 is 0.844 bits per heavy atom. The quantitative estimate of drug-likeness (QED) is 0.412. The maximum absolute atomic E-state index is 13.1. The topological polar surface area (TPSA) is 93.1 Å². The van der Waals surface area contributed by atoms with Crippen LogP contribution in [-0.4, -0.2) is 16.8 Å². The number of ketones is 1. The molecule has 7 nitrogen and oxygen atoms in total. The van der Waals surface area contributed by atoms with Gasteiger partial charge in [0.05, 0.1) is 18.1 Å². The summed E-state index contributed by atoms with van der Waals surface area (Å²) in [5, 5.41) is 10.6. The largest absolute Gasteiger partial charge is 0.503 e. The van der Waals surface area contributed by atoms with E-state index in [1.54, 1.807) is 42.5 Å². The van der Waals surface area contributed by atoms with Crippen molar-refractivity contribution in [1.82, 2.24) is 0 Å². The molecule has 1 unspecified atom stereocenters. The number of anilines is 1. The number of hydrogen-bond acceptors (Lipinski definition) is 6. The summed E-state index contributed by atoms with van der Waals surface area (Å²) in [4.78, 5) is 27.4. The van der Waals surface area contributed by atoms with Crippen molar-refractivity contribution < 1.29 is 28.3 Å². The van der Waals surface area contributed by atoms with E-state index in [4.69, 9.17) is 13.6 Å². The van der Waals surface area contributed by atoms with Crippen LogP contribution in [0, 0.1) is 0 Å². The maximum atomic E-state index is 13.1. The second kappa shape index (κ2) is 7.96. The van der Waals surface area contributed by atoms with E-state index in [1.807, 2.05) is 30.3 Å². The van der Waals surface area contributed by atoms with Gasteiger partial charge in [0, 0.05) is 5.69 Å². The molecule has 1 aliphatic rings. The number of ether oxygens (including phenoxy) is 1. The van der Waals surface area contributed by atoms with Gasteiger partial charge in [0.15, 0.2) is 11.5 Å². The van der Waals surface area contributed by atoms with Gasteiger partial charge in [-0.05, 0) is 60.7 Å². The summed E-state index contributed by atoms with van der Waals surface area (Å²) in [6.45, 7) is 0. The molecule has 158 valence electrons. The SMILES string of the molecule is O=C(C1=C(O)C(=O)N(c2ccc(Oc3ccccc3)cc2)C1c1ccco1)c1ccco1. The Labute approximate surface area is 182 Å². The van der Waals surface area contributed by atoms with Gasteiger partial charge in [-0.2, -0.15) is 0 Å². The normalized spacial score (nSPS) is 15.9. The van der Waals surface area contributed by atoms with Crippen molar-refractivity contribution in [3.8, 4) is 11.5 Å². The van der Waals surface area contributed by atoms with Gasteiger partial charge in [0.2, 0.25) is 5.78 Å². The van der Waals surface area contributed by atoms with Gasteiger partial charge in [-0.3, -0.25) is 14.5 Å². The predicted octanol–water partition coefficient (Wildman–Crippen LogP) is 5.45. The summed E-state index contributed by atoms with van der Waals surface area (Å²) < 4.78 is 16.5. The highest BCUT2D eigenvalue weighted by atomic mass is 16.5. The molecule has 1 atom stereocenters. The van der Waals surface area contributed by atoms with Crippen LogP contribution in [0.25, 0.3) is 0 Å². The van der Waals surface area contributed by atoms with E-state index in [1.165, 1.54) is 23.5 Å². The minimum Gasteiger partial charge on any atom is -0.503 e.